The van der Waals surface area contributed by atoms with Crippen molar-refractivity contribution in [1.82, 2.24) is 5.32 Å². The van der Waals surface area contributed by atoms with Crippen molar-refractivity contribution in [3.8, 4) is 0 Å². The monoisotopic (exact) mass is 1490 g/mol. The van der Waals surface area contributed by atoms with Crippen molar-refractivity contribution in [3.05, 3.63) is 36.5 Å². The zero-order chi connectivity index (χ0) is 75.8. The Bertz CT molecular complexity index is 1900. The van der Waals surface area contributed by atoms with Crippen LogP contribution in [0.5, 0.6) is 0 Å². The second kappa shape index (κ2) is 74.9. The van der Waals surface area contributed by atoms with E-state index in [1.165, 1.54) is 353 Å². The molecule has 105 heavy (non-hydrogen) atoms. The largest absolute Gasteiger partial charge is 0.394 e. The molecule has 1 amide bonds. The number of ether oxygens (including phenoxy) is 4. The molecule has 12 atom stereocenters. The summed E-state index contributed by atoms with van der Waals surface area (Å²) in [7, 11) is 0. The van der Waals surface area contributed by atoms with Crippen LogP contribution in [0, 0.1) is 0 Å². The van der Waals surface area contributed by atoms with Gasteiger partial charge in [-0.25, -0.2) is 0 Å². The number of unbranched alkanes of at least 4 members (excludes halogenated alkanes) is 60. The molecule has 0 aromatic carbocycles. The van der Waals surface area contributed by atoms with Gasteiger partial charge in [-0.2, -0.15) is 0 Å². The van der Waals surface area contributed by atoms with Crippen molar-refractivity contribution in [1.29, 1.82) is 0 Å². The molecule has 0 bridgehead atoms. The summed E-state index contributed by atoms with van der Waals surface area (Å²) >= 11 is 0. The van der Waals surface area contributed by atoms with Crippen LogP contribution in [0.25, 0.3) is 0 Å². The number of aliphatic hydroxyl groups is 8. The Hall–Kier alpha value is -1.79. The summed E-state index contributed by atoms with van der Waals surface area (Å²) in [5.74, 6) is -0.196. The van der Waals surface area contributed by atoms with Crippen molar-refractivity contribution >= 4 is 5.91 Å². The van der Waals surface area contributed by atoms with Crippen molar-refractivity contribution in [2.45, 2.75) is 518 Å². The maximum absolute atomic E-state index is 13.4. The lowest BCUT2D eigenvalue weighted by Gasteiger charge is -2.46. The Kier molecular flexibility index (Phi) is 70.8. The van der Waals surface area contributed by atoms with Gasteiger partial charge in [-0.15, -0.1) is 0 Å². The molecular formula is C91H173NO13. The molecule has 0 aromatic rings. The van der Waals surface area contributed by atoms with Gasteiger partial charge in [0.2, 0.25) is 5.91 Å². The van der Waals surface area contributed by atoms with Gasteiger partial charge in [-0.3, -0.25) is 4.79 Å². The summed E-state index contributed by atoms with van der Waals surface area (Å²) < 4.78 is 23.0. The van der Waals surface area contributed by atoms with Crippen molar-refractivity contribution in [2.75, 3.05) is 19.8 Å². The fourth-order valence-corrected chi connectivity index (χ4v) is 15.4. The minimum absolute atomic E-state index is 0.196. The van der Waals surface area contributed by atoms with E-state index in [0.717, 1.165) is 64.2 Å². The third-order valence-corrected chi connectivity index (χ3v) is 22.6. The molecule has 9 N–H and O–H groups in total. The first-order valence-corrected chi connectivity index (χ1v) is 45.7. The molecule has 14 nitrogen and oxygen atoms in total. The van der Waals surface area contributed by atoms with Crippen LogP contribution in [0.1, 0.15) is 444 Å². The predicted molar refractivity (Wildman–Crippen MR) is 438 cm³/mol. The summed E-state index contributed by atoms with van der Waals surface area (Å²) in [6.07, 6.45) is 83.7. The van der Waals surface area contributed by atoms with Crippen LogP contribution in [0.4, 0.5) is 0 Å². The molecule has 0 aromatic heterocycles. The SMILES string of the molecule is CCCCCCC/C=C\C/C=C\C/C=C\CCCCCCCCCCCCCCCCCCCCCCCCCCCCC(=O)NC(COC1OC(CO)C(OC2OC(CO)C(O)C(O)C2O)C(O)C1O)C(O)CCCCCCCCCCCCCCCCCCCCCCCCCCCCCCCC. The smallest absolute Gasteiger partial charge is 0.220 e. The maximum Gasteiger partial charge on any atom is 0.220 e. The van der Waals surface area contributed by atoms with E-state index >= 15 is 0 Å². The van der Waals surface area contributed by atoms with Gasteiger partial charge < -0.3 is 65.1 Å². The molecule has 2 aliphatic rings. The minimum Gasteiger partial charge on any atom is -0.394 e. The molecule has 2 saturated heterocycles. The zero-order valence-electron chi connectivity index (χ0n) is 68.5. The Balaban J connectivity index is 1.53. The first-order valence-electron chi connectivity index (χ1n) is 45.7. The van der Waals surface area contributed by atoms with E-state index in [0.29, 0.717) is 12.8 Å². The first-order chi connectivity index (χ1) is 51.6. The summed E-state index contributed by atoms with van der Waals surface area (Å²) in [5, 5.41) is 88.1. The highest BCUT2D eigenvalue weighted by molar-refractivity contribution is 5.76. The number of hydrogen-bond acceptors (Lipinski definition) is 13. The van der Waals surface area contributed by atoms with Crippen LogP contribution in [-0.4, -0.2) is 140 Å². The molecule has 0 aliphatic carbocycles. The molecule has 2 rings (SSSR count). The standard InChI is InChI=1S/C91H173NO13/c1-3-5-7-9-11-13-15-17-19-21-23-25-27-29-31-33-35-36-37-38-39-40-41-42-43-44-45-47-49-51-53-55-57-59-61-63-65-67-69-71-73-75-83(96)92-79(78-102-90-88(101)86(99)89(82(77-94)104-90)105-91-87(100)85(98)84(97)81(76-93)103-91)80(95)74-72-70-68-66-64-62-60-58-56-54-52-50-48-46-34-32-30-28-26-24-22-20-18-16-14-12-10-8-6-4-2/h15,17,21,23,27,29,79-82,84-91,93-95,97-101H,3-14,16,18-20,22,24-26,28,30-78H2,1-2H3,(H,92,96)/b17-15-,23-21-,29-27-. The van der Waals surface area contributed by atoms with Gasteiger partial charge in [0.05, 0.1) is 32.0 Å². The molecule has 0 spiro atoms. The highest BCUT2D eigenvalue weighted by atomic mass is 16.7. The summed E-state index contributed by atoms with van der Waals surface area (Å²) in [6, 6.07) is -0.829. The topological polar surface area (TPSA) is 228 Å². The van der Waals surface area contributed by atoms with Gasteiger partial charge in [0.25, 0.3) is 0 Å². The van der Waals surface area contributed by atoms with E-state index in [2.05, 4.69) is 55.6 Å². The Morgan fingerprint density at radius 2 is 0.629 bits per heavy atom. The van der Waals surface area contributed by atoms with Gasteiger partial charge in [0.15, 0.2) is 12.6 Å². The molecule has 0 saturated carbocycles. The number of aliphatic hydroxyl groups excluding tert-OH is 8. The quantitative estimate of drug-likeness (QED) is 0.0204. The van der Waals surface area contributed by atoms with Crippen LogP contribution in [0.3, 0.4) is 0 Å². The second-order valence-corrected chi connectivity index (χ2v) is 32.4. The number of amides is 1. The predicted octanol–water partition coefficient (Wildman–Crippen LogP) is 22.3. The molecule has 12 unspecified atom stereocenters. The molecule has 2 fully saturated rings. The van der Waals surface area contributed by atoms with E-state index in [4.69, 9.17) is 18.9 Å². The Morgan fingerprint density at radius 3 is 0.962 bits per heavy atom. The van der Waals surface area contributed by atoms with Crippen LogP contribution in [0.2, 0.25) is 0 Å². The van der Waals surface area contributed by atoms with Crippen LogP contribution < -0.4 is 5.32 Å². The maximum atomic E-state index is 13.4. The number of allylic oxidation sites excluding steroid dienone is 6. The molecule has 2 aliphatic heterocycles. The van der Waals surface area contributed by atoms with Crippen molar-refractivity contribution in [2.24, 2.45) is 0 Å². The number of rotatable bonds is 79. The van der Waals surface area contributed by atoms with Crippen LogP contribution in [0.15, 0.2) is 36.5 Å². The average molecular weight is 1490 g/mol. The van der Waals surface area contributed by atoms with Crippen LogP contribution >= 0.6 is 0 Å². The summed E-state index contributed by atoms with van der Waals surface area (Å²) in [5.41, 5.74) is 0. The second-order valence-electron chi connectivity index (χ2n) is 32.4. The van der Waals surface area contributed by atoms with Gasteiger partial charge in [0, 0.05) is 6.42 Å². The lowest BCUT2D eigenvalue weighted by molar-refractivity contribution is -0.359. The zero-order valence-corrected chi connectivity index (χ0v) is 68.5. The first kappa shape index (κ1) is 99.3. The van der Waals surface area contributed by atoms with Crippen LogP contribution in [-0.2, 0) is 23.7 Å². The fourth-order valence-electron chi connectivity index (χ4n) is 15.4. The van der Waals surface area contributed by atoms with E-state index in [1.54, 1.807) is 0 Å². The van der Waals surface area contributed by atoms with Gasteiger partial charge >= 0.3 is 0 Å². The summed E-state index contributed by atoms with van der Waals surface area (Å²) in [4.78, 5) is 13.4. The third-order valence-electron chi connectivity index (χ3n) is 22.6. The number of carbonyl (C=O) groups is 1. The Labute approximate surface area is 646 Å². The molecule has 620 valence electrons. The van der Waals surface area contributed by atoms with Crippen molar-refractivity contribution < 1.29 is 64.6 Å². The van der Waals surface area contributed by atoms with Gasteiger partial charge in [-0.1, -0.05) is 423 Å². The third kappa shape index (κ3) is 57.0. The molecule has 0 radical (unpaired) electrons. The highest BCUT2D eigenvalue weighted by Crippen LogP contribution is 2.31. The average Bonchev–Trinajstić information content (AvgIpc) is 0.769. The van der Waals surface area contributed by atoms with E-state index in [1.807, 2.05) is 0 Å². The Morgan fingerprint density at radius 1 is 0.343 bits per heavy atom. The number of nitrogens with one attached hydrogen (secondary N) is 1. The lowest BCUT2D eigenvalue weighted by Crippen LogP contribution is -2.65. The fraction of sp³-hybridized carbons (Fsp3) is 0.923. The normalized spacial score (nSPS) is 21.5. The van der Waals surface area contributed by atoms with E-state index in [-0.39, 0.29) is 12.5 Å². The van der Waals surface area contributed by atoms with E-state index < -0.39 is 86.8 Å². The molecule has 2 heterocycles. The van der Waals surface area contributed by atoms with Gasteiger partial charge in [-0.05, 0) is 51.4 Å². The molecular weight excluding hydrogens is 1310 g/mol. The lowest BCUT2D eigenvalue weighted by atomic mass is 9.97. The van der Waals surface area contributed by atoms with Crippen molar-refractivity contribution in [3.63, 3.8) is 0 Å². The highest BCUT2D eigenvalue weighted by Gasteiger charge is 2.51. The minimum atomic E-state index is -1.78. The van der Waals surface area contributed by atoms with E-state index in [9.17, 15) is 45.6 Å². The number of hydrogen-bond donors (Lipinski definition) is 9. The molecule has 14 heteroatoms. The summed E-state index contributed by atoms with van der Waals surface area (Å²) in [6.45, 7) is 2.93. The van der Waals surface area contributed by atoms with Gasteiger partial charge in [0.1, 0.15) is 48.8 Å². The number of carbonyl (C=O) groups excluding carboxylic acids is 1.